The van der Waals surface area contributed by atoms with Crippen LogP contribution in [0.5, 0.6) is 0 Å². The summed E-state index contributed by atoms with van der Waals surface area (Å²) in [4.78, 5) is 26.1. The number of halogens is 3. The Labute approximate surface area is 165 Å². The van der Waals surface area contributed by atoms with E-state index in [2.05, 4.69) is 10.5 Å². The topological polar surface area (TPSA) is 61.8 Å². The van der Waals surface area contributed by atoms with Crippen LogP contribution in [0.25, 0.3) is 0 Å². The van der Waals surface area contributed by atoms with Crippen molar-refractivity contribution in [1.29, 1.82) is 0 Å². The van der Waals surface area contributed by atoms with Crippen molar-refractivity contribution in [2.24, 2.45) is 11.0 Å². The smallest absolute Gasteiger partial charge is 0.245 e. The lowest BCUT2D eigenvalue weighted by Crippen LogP contribution is -2.30. The van der Waals surface area contributed by atoms with Crippen molar-refractivity contribution >= 4 is 58.5 Å². The molecule has 1 N–H and O–H groups in total. The molecule has 0 unspecified atom stereocenters. The third kappa shape index (κ3) is 4.18. The number of anilines is 1. The van der Waals surface area contributed by atoms with E-state index in [0.717, 1.165) is 0 Å². The number of nitrogens with one attached hydrogen (secondary N) is 1. The molecule has 2 aromatic rings. The minimum absolute atomic E-state index is 0.120. The fraction of sp³-hybridized carbons (Fsp3) is 0.167. The zero-order chi connectivity index (χ0) is 18.7. The quantitative estimate of drug-likeness (QED) is 0.608. The molecule has 1 aliphatic heterocycles. The predicted molar refractivity (Wildman–Crippen MR) is 104 cm³/mol. The Morgan fingerprint density at radius 1 is 1.12 bits per heavy atom. The maximum atomic E-state index is 12.3. The fourth-order valence-corrected chi connectivity index (χ4v) is 3.26. The number of carbonyl (C=O) groups excluding carboxylic acids is 2. The molecule has 8 heteroatoms. The Morgan fingerprint density at radius 2 is 1.77 bits per heavy atom. The van der Waals surface area contributed by atoms with Gasteiger partial charge in [0.1, 0.15) is 0 Å². The first-order valence-corrected chi connectivity index (χ1v) is 8.92. The van der Waals surface area contributed by atoms with Gasteiger partial charge in [0.25, 0.3) is 0 Å². The van der Waals surface area contributed by atoms with Gasteiger partial charge in [-0.05, 0) is 36.4 Å². The third-order valence-electron chi connectivity index (χ3n) is 4.00. The first-order chi connectivity index (χ1) is 12.5. The Morgan fingerprint density at radius 3 is 2.42 bits per heavy atom. The van der Waals surface area contributed by atoms with E-state index < -0.39 is 5.92 Å². The Balaban J connectivity index is 1.63. The average Bonchev–Trinajstić information content (AvgIpc) is 3.00. The molecule has 5 nitrogen and oxygen atoms in total. The lowest BCUT2D eigenvalue weighted by atomic mass is 10.1. The maximum absolute atomic E-state index is 12.3. The Kier molecular flexibility index (Phi) is 5.81. The minimum atomic E-state index is -0.489. The molecule has 0 bridgehead atoms. The molecular formula is C18H14Cl3N3O2. The van der Waals surface area contributed by atoms with Crippen LogP contribution in [0.3, 0.4) is 0 Å². The number of benzene rings is 2. The Hall–Kier alpha value is -2.08. The van der Waals surface area contributed by atoms with Crippen LogP contribution in [0.2, 0.25) is 15.1 Å². The number of hydrogen-bond donors (Lipinski definition) is 1. The van der Waals surface area contributed by atoms with Crippen LogP contribution in [0.1, 0.15) is 12.0 Å². The molecule has 0 saturated carbocycles. The summed E-state index contributed by atoms with van der Waals surface area (Å²) in [5.74, 6) is -0.947. The minimum Gasteiger partial charge on any atom is -0.312 e. The molecule has 3 rings (SSSR count). The van der Waals surface area contributed by atoms with Gasteiger partial charge in [-0.3, -0.25) is 9.59 Å². The second-order valence-electron chi connectivity index (χ2n) is 5.75. The number of rotatable bonds is 4. The molecule has 0 aliphatic carbocycles. The van der Waals surface area contributed by atoms with Crippen molar-refractivity contribution in [3.8, 4) is 0 Å². The fourth-order valence-electron chi connectivity index (χ4n) is 2.64. The van der Waals surface area contributed by atoms with Gasteiger partial charge in [0.15, 0.2) is 0 Å². The summed E-state index contributed by atoms with van der Waals surface area (Å²) in [7, 11) is 0. The lowest BCUT2D eigenvalue weighted by Gasteiger charge is -2.16. The van der Waals surface area contributed by atoms with Gasteiger partial charge >= 0.3 is 0 Å². The van der Waals surface area contributed by atoms with Crippen LogP contribution >= 0.6 is 34.8 Å². The first kappa shape index (κ1) is 18.7. The zero-order valence-electron chi connectivity index (χ0n) is 13.5. The van der Waals surface area contributed by atoms with Crippen molar-refractivity contribution < 1.29 is 9.59 Å². The van der Waals surface area contributed by atoms with E-state index in [1.165, 1.54) is 6.21 Å². The van der Waals surface area contributed by atoms with Gasteiger partial charge < -0.3 is 4.90 Å². The van der Waals surface area contributed by atoms with E-state index in [4.69, 9.17) is 34.8 Å². The van der Waals surface area contributed by atoms with Crippen LogP contribution in [0, 0.1) is 5.92 Å². The third-order valence-corrected chi connectivity index (χ3v) is 4.91. The number of amides is 2. The summed E-state index contributed by atoms with van der Waals surface area (Å²) in [6, 6.07) is 12.0. The highest BCUT2D eigenvalue weighted by Gasteiger charge is 2.35. The van der Waals surface area contributed by atoms with Crippen molar-refractivity contribution in [3.63, 3.8) is 0 Å². The summed E-state index contributed by atoms with van der Waals surface area (Å²) in [5.41, 5.74) is 3.67. The number of carbonyl (C=O) groups is 2. The molecule has 134 valence electrons. The molecule has 1 saturated heterocycles. The molecule has 1 heterocycles. The summed E-state index contributed by atoms with van der Waals surface area (Å²) in [6.07, 6.45) is 1.51. The maximum Gasteiger partial charge on any atom is 0.245 e. The molecular weight excluding hydrogens is 397 g/mol. The van der Waals surface area contributed by atoms with Crippen molar-refractivity contribution in [2.75, 3.05) is 11.4 Å². The molecule has 1 aliphatic rings. The second kappa shape index (κ2) is 8.08. The standard InChI is InChI=1S/C18H14Cl3N3O2/c19-12-4-6-13(7-5-12)24-10-11(8-17(24)25)18(26)23-22-9-14-15(20)2-1-3-16(14)21/h1-7,9,11H,8,10H2,(H,23,26)/b22-9-/t11-/m0/s1. The number of nitrogens with zero attached hydrogens (tertiary/aromatic N) is 2. The molecule has 26 heavy (non-hydrogen) atoms. The normalized spacial score (nSPS) is 17.1. The monoisotopic (exact) mass is 409 g/mol. The molecule has 1 fully saturated rings. The number of hydrazone groups is 1. The molecule has 0 radical (unpaired) electrons. The lowest BCUT2D eigenvalue weighted by molar-refractivity contribution is -0.126. The molecule has 1 atom stereocenters. The Bertz CT molecular complexity index is 848. The van der Waals surface area contributed by atoms with E-state index in [1.807, 2.05) is 0 Å². The van der Waals surface area contributed by atoms with Gasteiger partial charge in [-0.15, -0.1) is 0 Å². The van der Waals surface area contributed by atoms with Crippen LogP contribution in [0.15, 0.2) is 47.6 Å². The summed E-state index contributed by atoms with van der Waals surface area (Å²) in [5, 5.41) is 5.35. The van der Waals surface area contributed by atoms with Gasteiger partial charge in [0.2, 0.25) is 11.8 Å². The van der Waals surface area contributed by atoms with Gasteiger partial charge in [-0.1, -0.05) is 40.9 Å². The predicted octanol–water partition coefficient (Wildman–Crippen LogP) is 4.15. The largest absolute Gasteiger partial charge is 0.312 e. The van der Waals surface area contributed by atoms with E-state index in [1.54, 1.807) is 47.4 Å². The molecule has 0 aromatic heterocycles. The summed E-state index contributed by atoms with van der Waals surface area (Å²) >= 11 is 17.9. The second-order valence-corrected chi connectivity index (χ2v) is 7.00. The van der Waals surface area contributed by atoms with Crippen LogP contribution in [-0.4, -0.2) is 24.6 Å². The SMILES string of the molecule is O=C(N/N=C\c1c(Cl)cccc1Cl)[C@H]1CC(=O)N(c2ccc(Cl)cc2)C1. The van der Waals surface area contributed by atoms with Crippen molar-refractivity contribution in [2.45, 2.75) is 6.42 Å². The van der Waals surface area contributed by atoms with E-state index in [9.17, 15) is 9.59 Å². The van der Waals surface area contributed by atoms with Crippen molar-refractivity contribution in [3.05, 3.63) is 63.1 Å². The summed E-state index contributed by atoms with van der Waals surface area (Å²) in [6.45, 7) is 0.286. The average molecular weight is 411 g/mol. The zero-order valence-corrected chi connectivity index (χ0v) is 15.7. The van der Waals surface area contributed by atoms with E-state index in [0.29, 0.717) is 26.3 Å². The summed E-state index contributed by atoms with van der Waals surface area (Å²) < 4.78 is 0. The van der Waals surface area contributed by atoms with E-state index in [-0.39, 0.29) is 24.8 Å². The van der Waals surface area contributed by atoms with Crippen molar-refractivity contribution in [1.82, 2.24) is 5.43 Å². The molecule has 2 amide bonds. The van der Waals surface area contributed by atoms with Gasteiger partial charge in [0, 0.05) is 29.2 Å². The molecule has 0 spiro atoms. The van der Waals surface area contributed by atoms with E-state index >= 15 is 0 Å². The highest BCUT2D eigenvalue weighted by atomic mass is 35.5. The van der Waals surface area contributed by atoms with Gasteiger partial charge in [-0.25, -0.2) is 5.43 Å². The first-order valence-electron chi connectivity index (χ1n) is 7.78. The number of hydrogen-bond acceptors (Lipinski definition) is 3. The highest BCUT2D eigenvalue weighted by Crippen LogP contribution is 2.26. The van der Waals surface area contributed by atoms with Crippen LogP contribution in [-0.2, 0) is 9.59 Å². The highest BCUT2D eigenvalue weighted by molar-refractivity contribution is 6.38. The molecule has 2 aromatic carbocycles. The van der Waals surface area contributed by atoms with Gasteiger partial charge in [-0.2, -0.15) is 5.10 Å². The van der Waals surface area contributed by atoms with Crippen LogP contribution in [0.4, 0.5) is 5.69 Å². The van der Waals surface area contributed by atoms with Crippen LogP contribution < -0.4 is 10.3 Å². The van der Waals surface area contributed by atoms with Gasteiger partial charge in [0.05, 0.1) is 22.2 Å².